The first-order chi connectivity index (χ1) is 16.3. The maximum atomic E-state index is 13.0. The van der Waals surface area contributed by atoms with Crippen LogP contribution in [0, 0.1) is 5.41 Å². The van der Waals surface area contributed by atoms with Gasteiger partial charge in [0.05, 0.1) is 12.7 Å². The maximum Gasteiger partial charge on any atom is 0.341 e. The number of benzene rings is 3. The minimum atomic E-state index is -1.09. The third kappa shape index (κ3) is 6.39. The van der Waals surface area contributed by atoms with Crippen molar-refractivity contribution in [1.29, 1.82) is 5.41 Å². The lowest BCUT2D eigenvalue weighted by Crippen LogP contribution is -2.16. The topological polar surface area (TPSA) is 147 Å². The summed E-state index contributed by atoms with van der Waals surface area (Å²) in [5.74, 6) is -0.608. The van der Waals surface area contributed by atoms with Gasteiger partial charge in [0, 0.05) is 34.1 Å². The van der Waals surface area contributed by atoms with E-state index in [0.717, 1.165) is 0 Å². The second kappa shape index (κ2) is 11.1. The summed E-state index contributed by atoms with van der Waals surface area (Å²) >= 11 is 6.13. The van der Waals surface area contributed by atoms with Gasteiger partial charge >= 0.3 is 5.97 Å². The Labute approximate surface area is 201 Å². The molecule has 1 amide bonds. The summed E-state index contributed by atoms with van der Waals surface area (Å²) in [7, 11) is 1.52. The van der Waals surface area contributed by atoms with Gasteiger partial charge < -0.3 is 30.9 Å². The summed E-state index contributed by atoms with van der Waals surface area (Å²) in [5, 5.41) is 22.7. The van der Waals surface area contributed by atoms with Gasteiger partial charge in [-0.25, -0.2) is 4.79 Å². The van der Waals surface area contributed by atoms with E-state index in [1.54, 1.807) is 54.6 Å². The van der Waals surface area contributed by atoms with E-state index in [1.807, 2.05) is 0 Å². The van der Waals surface area contributed by atoms with Gasteiger partial charge in [0.1, 0.15) is 17.3 Å². The minimum absolute atomic E-state index is 0.0663. The van der Waals surface area contributed by atoms with Gasteiger partial charge in [-0.1, -0.05) is 11.6 Å². The Hall–Kier alpha value is -4.24. The van der Waals surface area contributed by atoms with Crippen LogP contribution in [0.1, 0.15) is 21.5 Å². The smallest absolute Gasteiger partial charge is 0.341 e. The highest BCUT2D eigenvalue weighted by Gasteiger charge is 2.15. The van der Waals surface area contributed by atoms with E-state index >= 15 is 0 Å². The molecule has 0 fully saturated rings. The molecule has 0 aliphatic rings. The first-order valence-electron chi connectivity index (χ1n) is 10.1. The number of rotatable bonds is 10. The van der Waals surface area contributed by atoms with Gasteiger partial charge in [0.15, 0.2) is 6.61 Å². The number of aliphatic carboxylic acids is 1. The maximum absolute atomic E-state index is 13.0. The molecule has 9 nitrogen and oxygen atoms in total. The van der Waals surface area contributed by atoms with Crippen molar-refractivity contribution in [1.82, 2.24) is 0 Å². The van der Waals surface area contributed by atoms with Crippen LogP contribution in [0.5, 0.6) is 11.5 Å². The Morgan fingerprint density at radius 3 is 2.47 bits per heavy atom. The predicted octanol–water partition coefficient (Wildman–Crippen LogP) is 3.96. The van der Waals surface area contributed by atoms with E-state index in [4.69, 9.17) is 37.3 Å². The van der Waals surface area contributed by atoms with Crippen LogP contribution in [0.25, 0.3) is 0 Å². The van der Waals surface area contributed by atoms with Crippen LogP contribution in [0.2, 0.25) is 5.02 Å². The number of amidine groups is 1. The number of nitrogen functional groups attached to an aromatic ring is 1. The largest absolute Gasteiger partial charge is 0.497 e. The lowest BCUT2D eigenvalue weighted by molar-refractivity contribution is -0.139. The molecule has 0 unspecified atom stereocenters. The molecule has 0 aliphatic heterocycles. The van der Waals surface area contributed by atoms with Crippen LogP contribution in [0.3, 0.4) is 0 Å². The molecular formula is C24H23ClN4O5. The van der Waals surface area contributed by atoms with Crippen molar-refractivity contribution in [3.05, 3.63) is 82.4 Å². The van der Waals surface area contributed by atoms with Crippen molar-refractivity contribution in [2.24, 2.45) is 5.73 Å². The monoisotopic (exact) mass is 482 g/mol. The van der Waals surface area contributed by atoms with Crippen molar-refractivity contribution in [3.8, 4) is 11.5 Å². The number of carbonyl (C=O) groups excluding carboxylic acids is 1. The summed E-state index contributed by atoms with van der Waals surface area (Å²) in [6, 6.07) is 16.4. The number of nitrogens with two attached hydrogens (primary N) is 1. The molecule has 6 N–H and O–H groups in total. The van der Waals surface area contributed by atoms with Crippen LogP contribution in [-0.4, -0.2) is 36.5 Å². The Balaban J connectivity index is 1.80. The molecule has 0 bridgehead atoms. The van der Waals surface area contributed by atoms with E-state index in [2.05, 4.69) is 10.6 Å². The summed E-state index contributed by atoms with van der Waals surface area (Å²) in [4.78, 5) is 23.9. The molecule has 0 radical (unpaired) electrons. The quantitative estimate of drug-likeness (QED) is 0.217. The van der Waals surface area contributed by atoms with E-state index in [1.165, 1.54) is 13.2 Å². The number of ether oxygens (including phenoxy) is 2. The second-order valence-electron chi connectivity index (χ2n) is 7.14. The first kappa shape index (κ1) is 24.4. The molecule has 3 rings (SSSR count). The molecule has 0 saturated carbocycles. The van der Waals surface area contributed by atoms with Crippen LogP contribution in [0.4, 0.5) is 11.4 Å². The molecule has 0 spiro atoms. The molecule has 34 heavy (non-hydrogen) atoms. The van der Waals surface area contributed by atoms with E-state index in [9.17, 15) is 9.59 Å². The highest BCUT2D eigenvalue weighted by Crippen LogP contribution is 2.27. The van der Waals surface area contributed by atoms with Gasteiger partial charge in [-0.15, -0.1) is 0 Å². The Bertz CT molecular complexity index is 1210. The molecule has 3 aromatic rings. The molecule has 0 aromatic heterocycles. The molecule has 3 aromatic carbocycles. The van der Waals surface area contributed by atoms with Gasteiger partial charge in [-0.05, 0) is 60.7 Å². The summed E-state index contributed by atoms with van der Waals surface area (Å²) in [5.41, 5.74) is 7.99. The number of hydrogen-bond acceptors (Lipinski definition) is 6. The molecular weight excluding hydrogens is 460 g/mol. The van der Waals surface area contributed by atoms with Crippen molar-refractivity contribution in [2.45, 2.75) is 6.54 Å². The molecule has 0 heterocycles. The van der Waals surface area contributed by atoms with E-state index in [-0.39, 0.29) is 12.4 Å². The zero-order valence-electron chi connectivity index (χ0n) is 18.2. The van der Waals surface area contributed by atoms with Crippen LogP contribution < -0.4 is 25.8 Å². The average molecular weight is 483 g/mol. The number of carboxylic acid groups (broad SMARTS) is 1. The SMILES string of the molecule is COc1ccc(OCC(=O)O)c(CNc2ccc(Cl)cc2C(=O)Nc2ccc(C(=N)N)cc2)c1. The zero-order valence-corrected chi connectivity index (χ0v) is 19.0. The van der Waals surface area contributed by atoms with Crippen molar-refractivity contribution >= 4 is 40.7 Å². The van der Waals surface area contributed by atoms with Crippen LogP contribution in [0.15, 0.2) is 60.7 Å². The van der Waals surface area contributed by atoms with Gasteiger partial charge in [-0.3, -0.25) is 10.2 Å². The van der Waals surface area contributed by atoms with E-state index < -0.39 is 18.5 Å². The number of anilines is 2. The summed E-state index contributed by atoms with van der Waals surface area (Å²) in [6.45, 7) is -0.266. The number of halogens is 1. The van der Waals surface area contributed by atoms with Crippen molar-refractivity contribution in [2.75, 3.05) is 24.4 Å². The van der Waals surface area contributed by atoms with Crippen LogP contribution >= 0.6 is 11.6 Å². The normalized spacial score (nSPS) is 10.3. The zero-order chi connectivity index (χ0) is 24.7. The van der Waals surface area contributed by atoms with Gasteiger partial charge in [0.2, 0.25) is 0 Å². The Kier molecular flexibility index (Phi) is 7.94. The molecule has 0 atom stereocenters. The molecule has 0 saturated heterocycles. The fourth-order valence-corrected chi connectivity index (χ4v) is 3.25. The average Bonchev–Trinajstić information content (AvgIpc) is 2.82. The van der Waals surface area contributed by atoms with Crippen molar-refractivity contribution in [3.63, 3.8) is 0 Å². The second-order valence-corrected chi connectivity index (χ2v) is 7.58. The lowest BCUT2D eigenvalue weighted by atomic mass is 10.1. The third-order valence-electron chi connectivity index (χ3n) is 4.77. The fourth-order valence-electron chi connectivity index (χ4n) is 3.08. The number of carboxylic acids is 1. The van der Waals surface area contributed by atoms with Gasteiger partial charge in [-0.2, -0.15) is 0 Å². The number of hydrogen-bond donors (Lipinski definition) is 5. The standard InChI is InChI=1S/C24H23ClN4O5/c1-33-18-7-9-21(34-13-22(30)31)15(10-18)12-28-20-8-4-16(25)11-19(20)24(32)29-17-5-2-14(3-6-17)23(26)27/h2-11,28H,12-13H2,1H3,(H3,26,27)(H,29,32)(H,30,31). The van der Waals surface area contributed by atoms with Crippen LogP contribution in [-0.2, 0) is 11.3 Å². The fraction of sp³-hybridized carbons (Fsp3) is 0.125. The highest BCUT2D eigenvalue weighted by atomic mass is 35.5. The predicted molar refractivity (Wildman–Crippen MR) is 130 cm³/mol. The van der Waals surface area contributed by atoms with Gasteiger partial charge in [0.25, 0.3) is 5.91 Å². The number of carbonyl (C=O) groups is 2. The molecule has 0 aliphatic carbocycles. The number of methoxy groups -OCH3 is 1. The number of nitrogens with one attached hydrogen (secondary N) is 3. The summed E-state index contributed by atoms with van der Waals surface area (Å²) in [6.07, 6.45) is 0. The van der Waals surface area contributed by atoms with Crippen molar-refractivity contribution < 1.29 is 24.2 Å². The molecule has 176 valence electrons. The minimum Gasteiger partial charge on any atom is -0.497 e. The molecule has 10 heteroatoms. The highest BCUT2D eigenvalue weighted by molar-refractivity contribution is 6.31. The Morgan fingerprint density at radius 2 is 1.82 bits per heavy atom. The van der Waals surface area contributed by atoms with E-state index in [0.29, 0.717) is 44.6 Å². The Morgan fingerprint density at radius 1 is 1.09 bits per heavy atom. The number of amides is 1. The lowest BCUT2D eigenvalue weighted by Gasteiger charge is -2.16. The third-order valence-corrected chi connectivity index (χ3v) is 5.00. The summed E-state index contributed by atoms with van der Waals surface area (Å²) < 4.78 is 10.6. The first-order valence-corrected chi connectivity index (χ1v) is 10.5.